The van der Waals surface area contributed by atoms with Gasteiger partial charge in [-0.3, -0.25) is 4.68 Å². The van der Waals surface area contributed by atoms with Crippen LogP contribution in [0.1, 0.15) is 47.1 Å². The Hall–Kier alpha value is -1.30. The minimum Gasteiger partial charge on any atom is -0.269 e. The molecule has 0 N–H and O–H groups in total. The van der Waals surface area contributed by atoms with Gasteiger partial charge in [-0.2, -0.15) is 10.4 Å². The highest BCUT2D eigenvalue weighted by atomic mass is 15.3. The van der Waals surface area contributed by atoms with E-state index in [2.05, 4.69) is 11.2 Å². The van der Waals surface area contributed by atoms with Crippen LogP contribution in [0.2, 0.25) is 0 Å². The van der Waals surface area contributed by atoms with Gasteiger partial charge in [0.1, 0.15) is 0 Å². The second-order valence-electron chi connectivity index (χ2n) is 2.20. The zero-order valence-electron chi connectivity index (χ0n) is 9.86. The molecule has 0 saturated heterocycles. The quantitative estimate of drug-likeness (QED) is 0.725. The van der Waals surface area contributed by atoms with E-state index in [9.17, 15) is 0 Å². The lowest BCUT2D eigenvalue weighted by Gasteiger charge is -2.05. The Morgan fingerprint density at radius 2 is 1.93 bits per heavy atom. The Balaban J connectivity index is 0. The Bertz CT molecular complexity index is 221. The first-order chi connectivity index (χ1) is 6.84. The highest BCUT2D eigenvalue weighted by Gasteiger charge is 2.00. The molecule has 1 aromatic rings. The van der Waals surface area contributed by atoms with Crippen molar-refractivity contribution in [3.05, 3.63) is 18.5 Å². The van der Waals surface area contributed by atoms with Crippen molar-refractivity contribution < 1.29 is 0 Å². The molecule has 1 unspecified atom stereocenters. The molecule has 0 aliphatic rings. The van der Waals surface area contributed by atoms with Gasteiger partial charge >= 0.3 is 0 Å². The smallest absolute Gasteiger partial charge is 0.0644 e. The van der Waals surface area contributed by atoms with E-state index in [1.165, 1.54) is 0 Å². The van der Waals surface area contributed by atoms with E-state index in [1.54, 1.807) is 10.9 Å². The normalized spacial score (nSPS) is 9.71. The fourth-order valence-corrected chi connectivity index (χ4v) is 0.767. The molecular formula is C11H21N3. The van der Waals surface area contributed by atoms with Gasteiger partial charge in [-0.15, -0.1) is 0 Å². The number of hydrogen-bond donors (Lipinski definition) is 0. The molecule has 0 aliphatic heterocycles. The van der Waals surface area contributed by atoms with Crippen molar-refractivity contribution in [2.75, 3.05) is 0 Å². The molecule has 80 valence electrons. The second-order valence-corrected chi connectivity index (χ2v) is 2.20. The Morgan fingerprint density at radius 3 is 2.29 bits per heavy atom. The fourth-order valence-electron chi connectivity index (χ4n) is 0.767. The molecular weight excluding hydrogens is 174 g/mol. The molecule has 0 amide bonds. The van der Waals surface area contributed by atoms with E-state index in [0.29, 0.717) is 6.42 Å². The van der Waals surface area contributed by atoms with Crippen molar-refractivity contribution in [2.45, 2.75) is 47.1 Å². The second kappa shape index (κ2) is 11.7. The molecule has 1 heterocycles. The molecule has 3 heteroatoms. The van der Waals surface area contributed by atoms with Gasteiger partial charge in [0.2, 0.25) is 0 Å². The van der Waals surface area contributed by atoms with Gasteiger partial charge in [-0.25, -0.2) is 0 Å². The Labute approximate surface area is 87.4 Å². The third-order valence-electron chi connectivity index (χ3n) is 1.36. The zero-order valence-corrected chi connectivity index (χ0v) is 9.86. The lowest BCUT2D eigenvalue weighted by atomic mass is 10.3. The molecule has 0 fully saturated rings. The van der Waals surface area contributed by atoms with Crippen LogP contribution in [0.4, 0.5) is 0 Å². The first-order valence-electron chi connectivity index (χ1n) is 5.20. The van der Waals surface area contributed by atoms with Crippen molar-refractivity contribution in [2.24, 2.45) is 0 Å². The van der Waals surface area contributed by atoms with E-state index in [4.69, 9.17) is 5.26 Å². The number of aromatic nitrogens is 2. The summed E-state index contributed by atoms with van der Waals surface area (Å²) in [4.78, 5) is 0. The van der Waals surface area contributed by atoms with Gasteiger partial charge in [0, 0.05) is 12.4 Å². The number of nitriles is 1. The highest BCUT2D eigenvalue weighted by Crippen LogP contribution is 2.05. The third-order valence-corrected chi connectivity index (χ3v) is 1.36. The van der Waals surface area contributed by atoms with Gasteiger partial charge in [-0.1, -0.05) is 27.7 Å². The summed E-state index contributed by atoms with van der Waals surface area (Å²) < 4.78 is 1.78. The third kappa shape index (κ3) is 6.24. The van der Waals surface area contributed by atoms with Crippen LogP contribution in [0.15, 0.2) is 18.5 Å². The van der Waals surface area contributed by atoms with Gasteiger partial charge < -0.3 is 0 Å². The molecule has 0 radical (unpaired) electrons. The number of rotatable bonds is 2. The summed E-state index contributed by atoms with van der Waals surface area (Å²) in [7, 11) is 0. The summed E-state index contributed by atoms with van der Waals surface area (Å²) in [5.41, 5.74) is 0. The van der Waals surface area contributed by atoms with Crippen LogP contribution < -0.4 is 0 Å². The molecule has 0 bridgehead atoms. The molecule has 0 aliphatic carbocycles. The summed E-state index contributed by atoms with van der Waals surface area (Å²) in [6, 6.07) is 4.14. The van der Waals surface area contributed by atoms with E-state index in [-0.39, 0.29) is 6.04 Å². The standard InChI is InChI=1S/C7H9N3.2C2H6/c1-7(3-4-8)10-6-2-5-9-10;2*1-2/h2,5-7H,3H2,1H3;2*1-2H3. The zero-order chi connectivity index (χ0) is 11.4. The van der Waals surface area contributed by atoms with Crippen molar-refractivity contribution in [3.8, 4) is 6.07 Å². The highest BCUT2D eigenvalue weighted by molar-refractivity contribution is 4.83. The van der Waals surface area contributed by atoms with Crippen molar-refractivity contribution >= 4 is 0 Å². The van der Waals surface area contributed by atoms with E-state index in [1.807, 2.05) is 46.9 Å². The SMILES string of the molecule is CC.CC.CC(CC#N)n1cccn1. The average molecular weight is 195 g/mol. The molecule has 14 heavy (non-hydrogen) atoms. The van der Waals surface area contributed by atoms with E-state index in [0.717, 1.165) is 0 Å². The predicted octanol–water partition coefficient (Wildman–Crippen LogP) is 3.41. The minimum atomic E-state index is 0.194. The minimum absolute atomic E-state index is 0.194. The van der Waals surface area contributed by atoms with Crippen LogP contribution in [-0.2, 0) is 0 Å². The van der Waals surface area contributed by atoms with Gasteiger partial charge in [0.25, 0.3) is 0 Å². The first-order valence-corrected chi connectivity index (χ1v) is 5.20. The first kappa shape index (κ1) is 15.2. The van der Waals surface area contributed by atoms with Crippen LogP contribution in [0.3, 0.4) is 0 Å². The van der Waals surface area contributed by atoms with Gasteiger partial charge in [0.15, 0.2) is 0 Å². The molecule has 1 aromatic heterocycles. The maximum atomic E-state index is 8.34. The lowest BCUT2D eigenvalue weighted by molar-refractivity contribution is 0.500. The van der Waals surface area contributed by atoms with Crippen LogP contribution in [0.25, 0.3) is 0 Å². The van der Waals surface area contributed by atoms with Gasteiger partial charge in [-0.05, 0) is 13.0 Å². The molecule has 1 atom stereocenters. The molecule has 0 aromatic carbocycles. The molecule has 1 rings (SSSR count). The van der Waals surface area contributed by atoms with Crippen LogP contribution in [-0.4, -0.2) is 9.78 Å². The van der Waals surface area contributed by atoms with Crippen molar-refractivity contribution in [1.29, 1.82) is 5.26 Å². The Morgan fingerprint density at radius 1 is 1.36 bits per heavy atom. The number of hydrogen-bond acceptors (Lipinski definition) is 2. The fraction of sp³-hybridized carbons (Fsp3) is 0.636. The number of nitrogens with zero attached hydrogens (tertiary/aromatic N) is 3. The van der Waals surface area contributed by atoms with Crippen molar-refractivity contribution in [3.63, 3.8) is 0 Å². The van der Waals surface area contributed by atoms with Crippen molar-refractivity contribution in [1.82, 2.24) is 9.78 Å². The Kier molecular flexibility index (Phi) is 12.7. The maximum Gasteiger partial charge on any atom is 0.0644 e. The summed E-state index contributed by atoms with van der Waals surface area (Å²) in [5, 5.41) is 12.3. The summed E-state index contributed by atoms with van der Waals surface area (Å²) in [5.74, 6) is 0. The average Bonchev–Trinajstić information content (AvgIpc) is 2.77. The molecule has 0 spiro atoms. The maximum absolute atomic E-state index is 8.34. The van der Waals surface area contributed by atoms with Gasteiger partial charge in [0.05, 0.1) is 18.5 Å². The summed E-state index contributed by atoms with van der Waals surface area (Å²) >= 11 is 0. The molecule has 3 nitrogen and oxygen atoms in total. The summed E-state index contributed by atoms with van der Waals surface area (Å²) in [6.45, 7) is 9.97. The predicted molar refractivity (Wildman–Crippen MR) is 59.9 cm³/mol. The topological polar surface area (TPSA) is 41.6 Å². The van der Waals surface area contributed by atoms with E-state index >= 15 is 0 Å². The molecule has 0 saturated carbocycles. The lowest BCUT2D eigenvalue weighted by Crippen LogP contribution is -2.03. The largest absolute Gasteiger partial charge is 0.269 e. The summed E-state index contributed by atoms with van der Waals surface area (Å²) in [6.07, 6.45) is 4.09. The monoisotopic (exact) mass is 195 g/mol. The van der Waals surface area contributed by atoms with Crippen LogP contribution >= 0.6 is 0 Å². The van der Waals surface area contributed by atoms with E-state index < -0.39 is 0 Å². The van der Waals surface area contributed by atoms with Crippen LogP contribution in [0.5, 0.6) is 0 Å². The van der Waals surface area contributed by atoms with Crippen LogP contribution in [0, 0.1) is 11.3 Å².